The molecule has 0 bridgehead atoms. The Bertz CT molecular complexity index is 1410. The number of anilines is 2. The number of hydrogen-bond acceptors (Lipinski definition) is 5. The molecular formula is C36H40N2O3. The molecule has 0 atom stereocenters. The lowest BCUT2D eigenvalue weighted by atomic mass is 9.86. The van der Waals surface area contributed by atoms with E-state index < -0.39 is 0 Å². The van der Waals surface area contributed by atoms with Crippen molar-refractivity contribution in [2.24, 2.45) is 0 Å². The van der Waals surface area contributed by atoms with E-state index in [-0.39, 0.29) is 10.8 Å². The first-order valence-electron chi connectivity index (χ1n) is 14.4. The molecule has 4 aromatic carbocycles. The summed E-state index contributed by atoms with van der Waals surface area (Å²) in [5.74, 6) is 3.57. The Labute approximate surface area is 244 Å². The number of nitrogens with zero attached hydrogens (tertiary/aromatic N) is 2. The molecule has 0 saturated heterocycles. The first-order chi connectivity index (χ1) is 19.5. The van der Waals surface area contributed by atoms with Gasteiger partial charge in [-0.05, 0) is 94.8 Å². The van der Waals surface area contributed by atoms with Gasteiger partial charge in [0.25, 0.3) is 0 Å². The van der Waals surface area contributed by atoms with Crippen LogP contribution in [0.25, 0.3) is 0 Å². The van der Waals surface area contributed by atoms with E-state index >= 15 is 0 Å². The maximum absolute atomic E-state index is 6.18. The molecule has 0 fully saturated rings. The summed E-state index contributed by atoms with van der Waals surface area (Å²) in [5, 5.41) is 0. The first-order valence-corrected chi connectivity index (χ1v) is 14.4. The molecule has 41 heavy (non-hydrogen) atoms. The van der Waals surface area contributed by atoms with Gasteiger partial charge >= 0.3 is 0 Å². The summed E-state index contributed by atoms with van der Waals surface area (Å²) in [7, 11) is 0. The fraction of sp³-hybridized carbons (Fsp3) is 0.333. The Morgan fingerprint density at radius 2 is 0.927 bits per heavy atom. The highest BCUT2D eigenvalue weighted by atomic mass is 16.5. The van der Waals surface area contributed by atoms with Crippen molar-refractivity contribution in [2.75, 3.05) is 23.3 Å². The zero-order valence-electron chi connectivity index (χ0n) is 25.0. The van der Waals surface area contributed by atoms with E-state index in [2.05, 4.69) is 112 Å². The van der Waals surface area contributed by atoms with Gasteiger partial charge < -0.3 is 24.0 Å². The average Bonchev–Trinajstić information content (AvgIpc) is 2.96. The summed E-state index contributed by atoms with van der Waals surface area (Å²) in [5.41, 5.74) is 7.53. The molecule has 2 aliphatic rings. The van der Waals surface area contributed by atoms with Crippen LogP contribution in [0.2, 0.25) is 0 Å². The maximum Gasteiger partial charge on any atom is 0.161 e. The largest absolute Gasteiger partial charge is 0.473 e. The number of rotatable bonds is 4. The van der Waals surface area contributed by atoms with E-state index in [0.29, 0.717) is 13.5 Å². The minimum absolute atomic E-state index is 0.109. The van der Waals surface area contributed by atoms with Crippen molar-refractivity contribution in [2.45, 2.75) is 65.5 Å². The van der Waals surface area contributed by atoms with Gasteiger partial charge in [-0.3, -0.25) is 0 Å². The van der Waals surface area contributed by atoms with E-state index in [1.807, 2.05) is 24.3 Å². The second-order valence-corrected chi connectivity index (χ2v) is 13.2. The molecule has 0 radical (unpaired) electrons. The molecule has 6 rings (SSSR count). The lowest BCUT2D eigenvalue weighted by molar-refractivity contribution is 0.289. The van der Waals surface area contributed by atoms with E-state index in [1.165, 1.54) is 22.3 Å². The summed E-state index contributed by atoms with van der Waals surface area (Å²) >= 11 is 0. The molecular weight excluding hydrogens is 508 g/mol. The summed E-state index contributed by atoms with van der Waals surface area (Å²) in [6.07, 6.45) is 0. The first kappa shape index (κ1) is 27.1. The fourth-order valence-electron chi connectivity index (χ4n) is 5.34. The molecule has 0 aliphatic carbocycles. The van der Waals surface area contributed by atoms with E-state index in [0.717, 1.165) is 47.5 Å². The molecule has 0 spiro atoms. The van der Waals surface area contributed by atoms with E-state index in [1.54, 1.807) is 0 Å². The molecule has 0 unspecified atom stereocenters. The van der Waals surface area contributed by atoms with Crippen LogP contribution in [0.4, 0.5) is 11.4 Å². The standard InChI is InChI=1S/C36H40N2O3/c1-35(2,3)27-7-17-33-25(19-27)21-37(23-39-33)29-9-13-31(14-10-29)41-32-15-11-30(12-16-32)38-22-26-20-28(36(4,5)6)8-18-34(26)40-24-38/h7-20H,21-24H2,1-6H3. The van der Waals surface area contributed by atoms with Crippen LogP contribution in [0.5, 0.6) is 23.0 Å². The van der Waals surface area contributed by atoms with Crippen molar-refractivity contribution in [3.05, 3.63) is 107 Å². The molecule has 4 aromatic rings. The SMILES string of the molecule is CC(C)(C)c1ccc2c(c1)CN(c1ccc(Oc3ccc(N4COc5ccc(C(C)(C)C)cc5C4)cc3)cc1)CO2. The molecule has 2 heterocycles. The average molecular weight is 549 g/mol. The maximum atomic E-state index is 6.18. The highest BCUT2D eigenvalue weighted by Crippen LogP contribution is 2.35. The smallest absolute Gasteiger partial charge is 0.161 e. The molecule has 0 amide bonds. The Morgan fingerprint density at radius 1 is 0.537 bits per heavy atom. The van der Waals surface area contributed by atoms with E-state index in [4.69, 9.17) is 14.2 Å². The van der Waals surface area contributed by atoms with Crippen LogP contribution in [-0.2, 0) is 23.9 Å². The summed E-state index contributed by atoms with van der Waals surface area (Å²) in [4.78, 5) is 4.49. The fourth-order valence-corrected chi connectivity index (χ4v) is 5.34. The van der Waals surface area contributed by atoms with Crippen LogP contribution in [-0.4, -0.2) is 13.5 Å². The van der Waals surface area contributed by atoms with Gasteiger partial charge in [0.1, 0.15) is 23.0 Å². The van der Waals surface area contributed by atoms with Crippen molar-refractivity contribution in [3.63, 3.8) is 0 Å². The van der Waals surface area contributed by atoms with E-state index in [9.17, 15) is 0 Å². The number of fused-ring (bicyclic) bond motifs is 2. The minimum Gasteiger partial charge on any atom is -0.473 e. The van der Waals surface area contributed by atoms with Gasteiger partial charge in [-0.2, -0.15) is 0 Å². The lowest BCUT2D eigenvalue weighted by Gasteiger charge is -2.32. The Morgan fingerprint density at radius 3 is 1.29 bits per heavy atom. The van der Waals surface area contributed by atoms with Crippen LogP contribution in [0.15, 0.2) is 84.9 Å². The van der Waals surface area contributed by atoms with Crippen molar-refractivity contribution in [3.8, 4) is 23.0 Å². The molecule has 2 aliphatic heterocycles. The summed E-state index contributed by atoms with van der Waals surface area (Å²) in [6.45, 7) is 16.2. The Kier molecular flexibility index (Phi) is 6.85. The highest BCUT2D eigenvalue weighted by Gasteiger charge is 2.23. The molecule has 5 nitrogen and oxygen atoms in total. The van der Waals surface area contributed by atoms with Crippen molar-refractivity contribution in [1.29, 1.82) is 0 Å². The molecule has 0 saturated carbocycles. The van der Waals surface area contributed by atoms with Gasteiger partial charge in [-0.1, -0.05) is 53.7 Å². The summed E-state index contributed by atoms with van der Waals surface area (Å²) < 4.78 is 18.3. The van der Waals surface area contributed by atoms with Gasteiger partial charge in [-0.15, -0.1) is 0 Å². The van der Waals surface area contributed by atoms with Crippen molar-refractivity contribution in [1.82, 2.24) is 0 Å². The van der Waals surface area contributed by atoms with Crippen LogP contribution in [0, 0.1) is 0 Å². The van der Waals surface area contributed by atoms with Gasteiger partial charge in [0, 0.05) is 35.6 Å². The quantitative estimate of drug-likeness (QED) is 0.255. The third-order valence-corrected chi connectivity index (χ3v) is 7.97. The zero-order valence-corrected chi connectivity index (χ0v) is 25.0. The lowest BCUT2D eigenvalue weighted by Crippen LogP contribution is -2.32. The molecule has 0 aromatic heterocycles. The highest BCUT2D eigenvalue weighted by molar-refractivity contribution is 5.55. The topological polar surface area (TPSA) is 34.2 Å². The Balaban J connectivity index is 1.09. The molecule has 0 N–H and O–H groups in total. The second kappa shape index (κ2) is 10.4. The van der Waals surface area contributed by atoms with Gasteiger partial charge in [0.15, 0.2) is 13.5 Å². The van der Waals surface area contributed by atoms with Gasteiger partial charge in [-0.25, -0.2) is 0 Å². The second-order valence-electron chi connectivity index (χ2n) is 13.2. The molecule has 212 valence electrons. The van der Waals surface area contributed by atoms with Crippen LogP contribution in [0.3, 0.4) is 0 Å². The Hall–Kier alpha value is -4.12. The zero-order chi connectivity index (χ0) is 28.8. The van der Waals surface area contributed by atoms with Gasteiger partial charge in [0.05, 0.1) is 0 Å². The van der Waals surface area contributed by atoms with Crippen LogP contribution < -0.4 is 24.0 Å². The van der Waals surface area contributed by atoms with Crippen molar-refractivity contribution < 1.29 is 14.2 Å². The monoisotopic (exact) mass is 548 g/mol. The summed E-state index contributed by atoms with van der Waals surface area (Å²) in [6, 6.07) is 29.6. The predicted molar refractivity (Wildman–Crippen MR) is 167 cm³/mol. The normalized spacial score (nSPS) is 15.0. The third-order valence-electron chi connectivity index (χ3n) is 7.97. The van der Waals surface area contributed by atoms with Gasteiger partial charge in [0.2, 0.25) is 0 Å². The number of benzene rings is 4. The number of hydrogen-bond donors (Lipinski definition) is 0. The predicted octanol–water partition coefficient (Wildman–Crippen LogP) is 8.79. The minimum atomic E-state index is 0.109. The molecule has 5 heteroatoms. The number of ether oxygens (including phenoxy) is 3. The van der Waals surface area contributed by atoms with Crippen molar-refractivity contribution >= 4 is 11.4 Å². The third kappa shape index (κ3) is 5.85. The van der Waals surface area contributed by atoms with Crippen LogP contribution in [0.1, 0.15) is 63.8 Å². The van der Waals surface area contributed by atoms with Crippen LogP contribution >= 0.6 is 0 Å².